The van der Waals surface area contributed by atoms with Crippen LogP contribution in [-0.4, -0.2) is 55.9 Å². The van der Waals surface area contributed by atoms with Gasteiger partial charge in [0.05, 0.1) is 24.4 Å². The molecule has 4 unspecified atom stereocenters. The molecule has 0 aromatic carbocycles. The van der Waals surface area contributed by atoms with Gasteiger partial charge in [0.15, 0.2) is 0 Å². The van der Waals surface area contributed by atoms with E-state index in [9.17, 15) is 25.2 Å². The largest absolute Gasteiger partial charge is 0.481 e. The minimum atomic E-state index is -1.03. The highest BCUT2D eigenvalue weighted by Crippen LogP contribution is 2.16. The SMILES string of the molecule is CCCCCC(O)C(O)CC(O)C(O)CCCCCCCC(=O)O. The predicted octanol–water partition coefficient (Wildman–Crippen LogP) is 2.22. The Morgan fingerprint density at radius 2 is 1.17 bits per heavy atom. The summed E-state index contributed by atoms with van der Waals surface area (Å²) in [6.45, 7) is 2.06. The van der Waals surface area contributed by atoms with Gasteiger partial charge in [-0.05, 0) is 19.3 Å². The zero-order chi connectivity index (χ0) is 18.4. The molecular formula is C18H36O6. The summed E-state index contributed by atoms with van der Waals surface area (Å²) in [7, 11) is 0. The van der Waals surface area contributed by atoms with Crippen molar-refractivity contribution in [3.8, 4) is 0 Å². The van der Waals surface area contributed by atoms with E-state index in [-0.39, 0.29) is 12.8 Å². The van der Waals surface area contributed by atoms with E-state index in [0.717, 1.165) is 44.9 Å². The molecule has 24 heavy (non-hydrogen) atoms. The van der Waals surface area contributed by atoms with Crippen molar-refractivity contribution in [3.63, 3.8) is 0 Å². The van der Waals surface area contributed by atoms with Crippen molar-refractivity contribution in [1.82, 2.24) is 0 Å². The average molecular weight is 348 g/mol. The van der Waals surface area contributed by atoms with Crippen molar-refractivity contribution in [2.24, 2.45) is 0 Å². The quantitative estimate of drug-likeness (QED) is 0.273. The Kier molecular flexibility index (Phi) is 14.2. The summed E-state index contributed by atoms with van der Waals surface area (Å²) in [5, 5.41) is 48.1. The van der Waals surface area contributed by atoms with Gasteiger partial charge in [-0.3, -0.25) is 4.79 Å². The molecule has 0 aromatic rings. The van der Waals surface area contributed by atoms with Crippen molar-refractivity contribution in [2.45, 2.75) is 108 Å². The van der Waals surface area contributed by atoms with Crippen LogP contribution >= 0.6 is 0 Å². The summed E-state index contributed by atoms with van der Waals surface area (Å²) in [6.07, 6.45) is 4.28. The minimum absolute atomic E-state index is 0.0208. The Morgan fingerprint density at radius 1 is 0.708 bits per heavy atom. The van der Waals surface area contributed by atoms with Crippen LogP contribution in [0.15, 0.2) is 0 Å². The van der Waals surface area contributed by atoms with E-state index in [0.29, 0.717) is 19.3 Å². The number of carboxylic acids is 1. The molecule has 0 amide bonds. The van der Waals surface area contributed by atoms with Crippen molar-refractivity contribution in [2.75, 3.05) is 0 Å². The van der Waals surface area contributed by atoms with Crippen LogP contribution in [0.25, 0.3) is 0 Å². The highest BCUT2D eigenvalue weighted by molar-refractivity contribution is 5.66. The topological polar surface area (TPSA) is 118 Å². The standard InChI is InChI=1S/C18H36O6/c1-2-3-7-10-14(19)16(21)13-17(22)15(20)11-8-5-4-6-9-12-18(23)24/h14-17,19-22H,2-13H2,1H3,(H,23,24). The van der Waals surface area contributed by atoms with Gasteiger partial charge in [0, 0.05) is 12.8 Å². The number of rotatable bonds is 16. The van der Waals surface area contributed by atoms with Crippen LogP contribution in [0.5, 0.6) is 0 Å². The molecule has 0 bridgehead atoms. The number of aliphatic hydroxyl groups is 4. The lowest BCUT2D eigenvalue weighted by Gasteiger charge is -2.23. The minimum Gasteiger partial charge on any atom is -0.481 e. The monoisotopic (exact) mass is 348 g/mol. The molecule has 0 fully saturated rings. The average Bonchev–Trinajstić information content (AvgIpc) is 2.53. The van der Waals surface area contributed by atoms with Crippen LogP contribution in [-0.2, 0) is 4.79 Å². The Morgan fingerprint density at radius 3 is 1.67 bits per heavy atom. The third kappa shape index (κ3) is 12.7. The zero-order valence-electron chi connectivity index (χ0n) is 14.9. The Bertz CT molecular complexity index is 310. The highest BCUT2D eigenvalue weighted by Gasteiger charge is 2.24. The fourth-order valence-corrected chi connectivity index (χ4v) is 2.71. The summed E-state index contributed by atoms with van der Waals surface area (Å²) < 4.78 is 0. The molecule has 0 saturated heterocycles. The number of unbranched alkanes of at least 4 members (excludes halogenated alkanes) is 6. The van der Waals surface area contributed by atoms with E-state index in [1.54, 1.807) is 0 Å². The van der Waals surface area contributed by atoms with Crippen molar-refractivity contribution in [3.05, 3.63) is 0 Å². The molecule has 0 spiro atoms. The summed E-state index contributed by atoms with van der Waals surface area (Å²) in [5.41, 5.74) is 0. The van der Waals surface area contributed by atoms with E-state index in [4.69, 9.17) is 5.11 Å². The van der Waals surface area contributed by atoms with Crippen LogP contribution < -0.4 is 0 Å². The molecule has 0 rings (SSSR count). The summed E-state index contributed by atoms with van der Waals surface area (Å²) in [4.78, 5) is 10.4. The normalized spacial score (nSPS) is 16.5. The van der Waals surface area contributed by atoms with Gasteiger partial charge in [-0.1, -0.05) is 51.9 Å². The third-order valence-electron chi connectivity index (χ3n) is 4.37. The maximum atomic E-state index is 10.4. The first kappa shape index (κ1) is 23.3. The molecule has 0 aliphatic rings. The van der Waals surface area contributed by atoms with Crippen molar-refractivity contribution >= 4 is 5.97 Å². The van der Waals surface area contributed by atoms with E-state index >= 15 is 0 Å². The van der Waals surface area contributed by atoms with Gasteiger partial charge in [0.2, 0.25) is 0 Å². The van der Waals surface area contributed by atoms with Crippen molar-refractivity contribution < 1.29 is 30.3 Å². The zero-order valence-corrected chi connectivity index (χ0v) is 14.9. The Balaban J connectivity index is 3.74. The van der Waals surface area contributed by atoms with Crippen LogP contribution in [0, 0.1) is 0 Å². The second kappa shape index (κ2) is 14.6. The van der Waals surface area contributed by atoms with Gasteiger partial charge in [-0.25, -0.2) is 0 Å². The van der Waals surface area contributed by atoms with E-state index in [2.05, 4.69) is 6.92 Å². The number of carbonyl (C=O) groups is 1. The lowest BCUT2D eigenvalue weighted by Crippen LogP contribution is -2.35. The molecule has 0 heterocycles. The molecule has 0 radical (unpaired) electrons. The lowest BCUT2D eigenvalue weighted by molar-refractivity contribution is -0.137. The summed E-state index contributed by atoms with van der Waals surface area (Å²) in [6, 6.07) is 0. The van der Waals surface area contributed by atoms with E-state index < -0.39 is 30.4 Å². The second-order valence-corrected chi connectivity index (χ2v) is 6.70. The third-order valence-corrected chi connectivity index (χ3v) is 4.37. The highest BCUT2D eigenvalue weighted by atomic mass is 16.4. The molecule has 6 nitrogen and oxygen atoms in total. The molecule has 0 saturated carbocycles. The molecular weight excluding hydrogens is 312 g/mol. The maximum absolute atomic E-state index is 10.4. The number of aliphatic carboxylic acids is 1. The number of hydrogen-bond acceptors (Lipinski definition) is 5. The smallest absolute Gasteiger partial charge is 0.303 e. The number of hydrogen-bond donors (Lipinski definition) is 5. The van der Waals surface area contributed by atoms with E-state index in [1.807, 2.05) is 0 Å². The molecule has 0 aliphatic carbocycles. The van der Waals surface area contributed by atoms with Gasteiger partial charge >= 0.3 is 5.97 Å². The van der Waals surface area contributed by atoms with Crippen LogP contribution in [0.4, 0.5) is 0 Å². The molecule has 5 N–H and O–H groups in total. The lowest BCUT2D eigenvalue weighted by atomic mass is 9.96. The van der Waals surface area contributed by atoms with E-state index in [1.165, 1.54) is 0 Å². The fraction of sp³-hybridized carbons (Fsp3) is 0.944. The van der Waals surface area contributed by atoms with Gasteiger partial charge in [-0.2, -0.15) is 0 Å². The molecule has 0 aromatic heterocycles. The molecule has 6 heteroatoms. The maximum Gasteiger partial charge on any atom is 0.303 e. The fourth-order valence-electron chi connectivity index (χ4n) is 2.71. The first-order valence-electron chi connectivity index (χ1n) is 9.32. The van der Waals surface area contributed by atoms with Crippen LogP contribution in [0.1, 0.15) is 84.0 Å². The summed E-state index contributed by atoms with van der Waals surface area (Å²) in [5.74, 6) is -0.774. The van der Waals surface area contributed by atoms with Gasteiger partial charge in [0.25, 0.3) is 0 Å². The molecule has 4 atom stereocenters. The van der Waals surface area contributed by atoms with Gasteiger partial charge < -0.3 is 25.5 Å². The first-order chi connectivity index (χ1) is 11.4. The van der Waals surface area contributed by atoms with Gasteiger partial charge in [-0.15, -0.1) is 0 Å². The summed E-state index contributed by atoms with van der Waals surface area (Å²) >= 11 is 0. The Hall–Kier alpha value is -0.690. The second-order valence-electron chi connectivity index (χ2n) is 6.70. The van der Waals surface area contributed by atoms with Crippen LogP contribution in [0.2, 0.25) is 0 Å². The van der Waals surface area contributed by atoms with Gasteiger partial charge in [0.1, 0.15) is 0 Å². The predicted molar refractivity (Wildman–Crippen MR) is 92.7 cm³/mol. The van der Waals surface area contributed by atoms with Crippen LogP contribution in [0.3, 0.4) is 0 Å². The molecule has 144 valence electrons. The number of carboxylic acid groups (broad SMARTS) is 1. The number of aliphatic hydroxyl groups excluding tert-OH is 4. The first-order valence-corrected chi connectivity index (χ1v) is 9.32. The molecule has 0 aliphatic heterocycles. The van der Waals surface area contributed by atoms with Crippen molar-refractivity contribution in [1.29, 1.82) is 0 Å². The Labute approximate surface area is 145 Å².